The van der Waals surface area contributed by atoms with Crippen molar-refractivity contribution in [2.75, 3.05) is 0 Å². The molecule has 354 valence electrons. The van der Waals surface area contributed by atoms with E-state index >= 15 is 0 Å². The van der Waals surface area contributed by atoms with Gasteiger partial charge in [-0.15, -0.1) is 11.3 Å². The number of nitrogens with zero attached hydrogens (tertiary/aromatic N) is 5. The van der Waals surface area contributed by atoms with E-state index in [1.54, 1.807) is 11.3 Å². The molecule has 0 radical (unpaired) electrons. The van der Waals surface area contributed by atoms with Gasteiger partial charge in [0, 0.05) is 70.5 Å². The molecule has 16 rings (SSSR count). The first kappa shape index (κ1) is 42.6. The van der Waals surface area contributed by atoms with Crippen LogP contribution in [0.25, 0.3) is 148 Å². The summed E-state index contributed by atoms with van der Waals surface area (Å²) < 4.78 is 9.63. The van der Waals surface area contributed by atoms with Gasteiger partial charge in [-0.3, -0.25) is 0 Å². The Morgan fingerprint density at radius 2 is 0.711 bits per heavy atom. The Kier molecular flexibility index (Phi) is 9.44. The number of hydrogen-bond donors (Lipinski definition) is 0. The Morgan fingerprint density at radius 1 is 0.289 bits per heavy atom. The van der Waals surface area contributed by atoms with Crippen LogP contribution in [0.1, 0.15) is 0 Å². The number of fused-ring (bicyclic) bond motifs is 12. The first-order valence-electron chi connectivity index (χ1n) is 25.8. The molecule has 6 heteroatoms. The molecule has 0 unspecified atom stereocenters. The maximum absolute atomic E-state index is 5.59. The summed E-state index contributed by atoms with van der Waals surface area (Å²) in [5.41, 5.74) is 18.6. The van der Waals surface area contributed by atoms with Gasteiger partial charge in [-0.05, 0) is 95.6 Å². The maximum Gasteiger partial charge on any atom is 0.160 e. The lowest BCUT2D eigenvalue weighted by Gasteiger charge is -2.20. The standard InChI is InChI=1S/C70H43N5S/c1-4-20-44(21-5-1)54-43-65(55(45-22-6-2-7-23-45)42-58(54)68-69-67(53-30-14-19-35-66(53)76-69)71-70(72-68)46-24-8-3-9-25-46)75-63-38-36-47(73-59-31-15-10-26-49(59)50-27-11-16-32-60(50)73)40-56(63)57-41-48(37-39-64(57)75)74-61-33-17-12-28-51(61)52-29-13-18-34-62(52)74/h1-43H. The van der Waals surface area contributed by atoms with Gasteiger partial charge in [-0.1, -0.05) is 182 Å². The van der Waals surface area contributed by atoms with Gasteiger partial charge in [0.15, 0.2) is 5.82 Å². The van der Waals surface area contributed by atoms with Crippen molar-refractivity contribution < 1.29 is 0 Å². The van der Waals surface area contributed by atoms with E-state index < -0.39 is 0 Å². The molecule has 16 aromatic rings. The summed E-state index contributed by atoms with van der Waals surface area (Å²) in [5.74, 6) is 0.705. The van der Waals surface area contributed by atoms with E-state index in [2.05, 4.69) is 268 Å². The SMILES string of the molecule is c1ccc(-c2nc(-c3cc(-c4ccccc4)c(-n4c5ccc(-n6c7ccccc7c7ccccc76)cc5c5cc(-n6c7ccccc7c7ccccc76)ccc54)cc3-c3ccccc3)c3sc4ccccc4c3n2)cc1. The van der Waals surface area contributed by atoms with Crippen LogP contribution in [0.5, 0.6) is 0 Å². The molecule has 5 nitrogen and oxygen atoms in total. The summed E-state index contributed by atoms with van der Waals surface area (Å²) in [6, 6.07) is 94.8. The largest absolute Gasteiger partial charge is 0.309 e. The first-order chi connectivity index (χ1) is 37.7. The third-order valence-corrected chi connectivity index (χ3v) is 16.6. The highest BCUT2D eigenvalue weighted by molar-refractivity contribution is 7.26. The Morgan fingerprint density at radius 3 is 1.22 bits per heavy atom. The maximum atomic E-state index is 5.59. The molecular formula is C70H43N5S. The molecule has 0 aliphatic carbocycles. The molecule has 0 bridgehead atoms. The Balaban J connectivity index is 1.03. The van der Waals surface area contributed by atoms with Crippen molar-refractivity contribution in [3.05, 3.63) is 261 Å². The number of para-hydroxylation sites is 4. The average Bonchev–Trinajstić information content (AvgIpc) is 4.32. The van der Waals surface area contributed by atoms with Crippen molar-refractivity contribution in [3.8, 4) is 62.0 Å². The molecule has 0 saturated carbocycles. The number of thiophene rings is 1. The second-order valence-corrected chi connectivity index (χ2v) is 20.7. The molecule has 0 atom stereocenters. The normalized spacial score (nSPS) is 11.9. The van der Waals surface area contributed by atoms with Crippen LogP contribution in [0.2, 0.25) is 0 Å². The second kappa shape index (κ2) is 16.8. The number of aromatic nitrogens is 5. The molecule has 76 heavy (non-hydrogen) atoms. The number of rotatable bonds is 7. The molecule has 0 aliphatic rings. The molecule has 0 N–H and O–H groups in total. The summed E-state index contributed by atoms with van der Waals surface area (Å²) in [7, 11) is 0. The van der Waals surface area contributed by atoms with Gasteiger partial charge in [-0.25, -0.2) is 9.97 Å². The van der Waals surface area contributed by atoms with Crippen molar-refractivity contribution in [1.82, 2.24) is 23.7 Å². The topological polar surface area (TPSA) is 40.6 Å². The molecule has 0 saturated heterocycles. The predicted octanol–water partition coefficient (Wildman–Crippen LogP) is 18.8. The first-order valence-corrected chi connectivity index (χ1v) is 26.6. The van der Waals surface area contributed by atoms with E-state index in [0.717, 1.165) is 93.5 Å². The molecule has 0 spiro atoms. The fraction of sp³-hybridized carbons (Fsp3) is 0. The van der Waals surface area contributed by atoms with E-state index in [9.17, 15) is 0 Å². The van der Waals surface area contributed by atoms with Crippen molar-refractivity contribution in [2.24, 2.45) is 0 Å². The van der Waals surface area contributed by atoms with Gasteiger partial charge < -0.3 is 13.7 Å². The van der Waals surface area contributed by atoms with Gasteiger partial charge in [0.05, 0.1) is 54.7 Å². The van der Waals surface area contributed by atoms with E-state index in [1.165, 1.54) is 48.3 Å². The second-order valence-electron chi connectivity index (χ2n) is 19.7. The lowest BCUT2D eigenvalue weighted by atomic mass is 9.91. The predicted molar refractivity (Wildman–Crippen MR) is 320 cm³/mol. The fourth-order valence-electron chi connectivity index (χ4n) is 12.1. The van der Waals surface area contributed by atoms with Crippen LogP contribution in [0.3, 0.4) is 0 Å². The molecule has 5 heterocycles. The van der Waals surface area contributed by atoms with E-state index in [0.29, 0.717) is 5.82 Å². The lowest BCUT2D eigenvalue weighted by Crippen LogP contribution is -2.02. The van der Waals surface area contributed by atoms with Crippen molar-refractivity contribution >= 4 is 97.1 Å². The Hall–Kier alpha value is -9.88. The van der Waals surface area contributed by atoms with Crippen LogP contribution in [0.15, 0.2) is 261 Å². The zero-order chi connectivity index (χ0) is 49.8. The zero-order valence-electron chi connectivity index (χ0n) is 41.0. The summed E-state index contributed by atoms with van der Waals surface area (Å²) >= 11 is 1.77. The minimum Gasteiger partial charge on any atom is -0.309 e. The molecule has 0 amide bonds. The molecule has 0 fully saturated rings. The highest BCUT2D eigenvalue weighted by Crippen LogP contribution is 2.47. The lowest BCUT2D eigenvalue weighted by molar-refractivity contribution is 1.16. The van der Waals surface area contributed by atoms with Gasteiger partial charge in [-0.2, -0.15) is 0 Å². The molecule has 11 aromatic carbocycles. The van der Waals surface area contributed by atoms with Gasteiger partial charge in [0.1, 0.15) is 0 Å². The summed E-state index contributed by atoms with van der Waals surface area (Å²) in [6.07, 6.45) is 0. The minimum absolute atomic E-state index is 0.705. The quantitative estimate of drug-likeness (QED) is 0.160. The monoisotopic (exact) mass is 985 g/mol. The van der Waals surface area contributed by atoms with E-state index in [-0.39, 0.29) is 0 Å². The smallest absolute Gasteiger partial charge is 0.160 e. The third-order valence-electron chi connectivity index (χ3n) is 15.5. The molecular weight excluding hydrogens is 943 g/mol. The summed E-state index contributed by atoms with van der Waals surface area (Å²) in [5, 5.41) is 8.42. The number of hydrogen-bond acceptors (Lipinski definition) is 3. The number of benzene rings is 11. The van der Waals surface area contributed by atoms with E-state index in [1.807, 2.05) is 6.07 Å². The average molecular weight is 986 g/mol. The van der Waals surface area contributed by atoms with E-state index in [4.69, 9.17) is 9.97 Å². The van der Waals surface area contributed by atoms with Crippen molar-refractivity contribution in [1.29, 1.82) is 0 Å². The Labute approximate surface area is 441 Å². The van der Waals surface area contributed by atoms with Gasteiger partial charge >= 0.3 is 0 Å². The van der Waals surface area contributed by atoms with Gasteiger partial charge in [0.2, 0.25) is 0 Å². The van der Waals surface area contributed by atoms with Crippen LogP contribution in [-0.2, 0) is 0 Å². The zero-order valence-corrected chi connectivity index (χ0v) is 41.8. The Bertz CT molecular complexity index is 4710. The molecule has 5 aromatic heterocycles. The van der Waals surface area contributed by atoms with Gasteiger partial charge in [0.25, 0.3) is 0 Å². The summed E-state index contributed by atoms with van der Waals surface area (Å²) in [6.45, 7) is 0. The minimum atomic E-state index is 0.705. The highest BCUT2D eigenvalue weighted by Gasteiger charge is 2.25. The molecule has 0 aliphatic heterocycles. The highest BCUT2D eigenvalue weighted by atomic mass is 32.1. The summed E-state index contributed by atoms with van der Waals surface area (Å²) in [4.78, 5) is 10.9. The van der Waals surface area contributed by atoms with Crippen molar-refractivity contribution in [3.63, 3.8) is 0 Å². The van der Waals surface area contributed by atoms with Crippen LogP contribution >= 0.6 is 11.3 Å². The van der Waals surface area contributed by atoms with Crippen LogP contribution in [0.4, 0.5) is 0 Å². The van der Waals surface area contributed by atoms with Crippen LogP contribution < -0.4 is 0 Å². The third kappa shape index (κ3) is 6.44. The van der Waals surface area contributed by atoms with Crippen LogP contribution in [0, 0.1) is 0 Å². The fourth-order valence-corrected chi connectivity index (χ4v) is 13.2. The van der Waals surface area contributed by atoms with Crippen LogP contribution in [-0.4, -0.2) is 23.7 Å². The van der Waals surface area contributed by atoms with Crippen molar-refractivity contribution in [2.45, 2.75) is 0 Å².